The third kappa shape index (κ3) is 5.09. The van der Waals surface area contributed by atoms with E-state index < -0.39 is 10.0 Å². The first kappa shape index (κ1) is 22.9. The molecule has 30 heavy (non-hydrogen) atoms. The molecule has 1 fully saturated rings. The van der Waals surface area contributed by atoms with E-state index >= 15 is 0 Å². The van der Waals surface area contributed by atoms with Crippen molar-refractivity contribution in [3.63, 3.8) is 0 Å². The van der Waals surface area contributed by atoms with Crippen molar-refractivity contribution < 1.29 is 17.9 Å². The first-order valence-electron chi connectivity index (χ1n) is 9.72. The minimum absolute atomic E-state index is 0.0524. The summed E-state index contributed by atoms with van der Waals surface area (Å²) in [6, 6.07) is 9.84. The molecular weight excluding hydrogens is 447 g/mol. The lowest BCUT2D eigenvalue weighted by Gasteiger charge is -2.31. The Hall–Kier alpha value is -1.80. The van der Waals surface area contributed by atoms with Crippen LogP contribution in [-0.4, -0.2) is 38.3 Å². The molecule has 0 spiro atoms. The van der Waals surface area contributed by atoms with Gasteiger partial charge in [-0.15, -0.1) is 0 Å². The second-order valence-electron chi connectivity index (χ2n) is 7.15. The fourth-order valence-electron chi connectivity index (χ4n) is 3.46. The molecule has 0 unspecified atom stereocenters. The van der Waals surface area contributed by atoms with Crippen molar-refractivity contribution in [2.24, 2.45) is 5.92 Å². The highest BCUT2D eigenvalue weighted by Gasteiger charge is 2.34. The molecule has 1 heterocycles. The number of piperidine rings is 1. The second kappa shape index (κ2) is 9.56. The number of carbonyl (C=O) groups is 1. The molecule has 3 rings (SSSR count). The number of hydrogen-bond donors (Lipinski definition) is 1. The molecule has 0 aromatic heterocycles. The number of benzene rings is 2. The zero-order valence-corrected chi connectivity index (χ0v) is 19.1. The van der Waals surface area contributed by atoms with Crippen molar-refractivity contribution in [1.82, 2.24) is 4.31 Å². The van der Waals surface area contributed by atoms with Crippen molar-refractivity contribution in [1.29, 1.82) is 0 Å². The monoisotopic (exact) mass is 470 g/mol. The summed E-state index contributed by atoms with van der Waals surface area (Å²) in [6.45, 7) is 4.50. The Kier molecular flexibility index (Phi) is 7.29. The maximum atomic E-state index is 13.2. The number of sulfonamides is 1. The Morgan fingerprint density at radius 1 is 1.13 bits per heavy atom. The summed E-state index contributed by atoms with van der Waals surface area (Å²) in [5.74, 6) is -0.104. The van der Waals surface area contributed by atoms with E-state index in [1.807, 2.05) is 6.92 Å². The van der Waals surface area contributed by atoms with Gasteiger partial charge in [0, 0.05) is 34.7 Å². The number of aryl methyl sites for hydroxylation is 1. The van der Waals surface area contributed by atoms with Crippen molar-refractivity contribution in [2.75, 3.05) is 25.0 Å². The number of hydrogen-bond acceptors (Lipinski definition) is 4. The fourth-order valence-corrected chi connectivity index (χ4v) is 5.55. The highest BCUT2D eigenvalue weighted by atomic mass is 35.5. The first-order chi connectivity index (χ1) is 14.2. The van der Waals surface area contributed by atoms with Crippen LogP contribution in [0, 0.1) is 12.8 Å². The van der Waals surface area contributed by atoms with Crippen LogP contribution in [0.4, 0.5) is 5.69 Å². The minimum Gasteiger partial charge on any atom is -0.492 e. The molecule has 1 aliphatic heterocycles. The van der Waals surface area contributed by atoms with Crippen molar-refractivity contribution >= 4 is 44.8 Å². The van der Waals surface area contributed by atoms with Crippen LogP contribution < -0.4 is 10.1 Å². The number of amides is 1. The van der Waals surface area contributed by atoms with Gasteiger partial charge in [0.25, 0.3) is 0 Å². The third-order valence-electron chi connectivity index (χ3n) is 5.09. The van der Waals surface area contributed by atoms with E-state index in [1.54, 1.807) is 37.3 Å². The molecule has 9 heteroatoms. The number of nitrogens with one attached hydrogen (secondary N) is 1. The fraction of sp³-hybridized carbons (Fsp3) is 0.381. The summed E-state index contributed by atoms with van der Waals surface area (Å²) in [7, 11) is -3.78. The SMILES string of the molecule is CCOc1ccc(Cl)cc1S(=O)(=O)N1CCC(C(=O)Nc2ccc(Cl)cc2C)CC1. The van der Waals surface area contributed by atoms with Gasteiger partial charge in [-0.25, -0.2) is 8.42 Å². The zero-order chi connectivity index (χ0) is 21.9. The van der Waals surface area contributed by atoms with Gasteiger partial charge in [0.15, 0.2) is 0 Å². The van der Waals surface area contributed by atoms with E-state index in [4.69, 9.17) is 27.9 Å². The van der Waals surface area contributed by atoms with E-state index in [-0.39, 0.29) is 35.6 Å². The predicted octanol–water partition coefficient (Wildman–Crippen LogP) is 4.74. The minimum atomic E-state index is -3.78. The molecule has 1 saturated heterocycles. The van der Waals surface area contributed by atoms with Crippen LogP contribution in [0.25, 0.3) is 0 Å². The van der Waals surface area contributed by atoms with Gasteiger partial charge in [-0.05, 0) is 68.7 Å². The number of anilines is 1. The summed E-state index contributed by atoms with van der Waals surface area (Å²) in [4.78, 5) is 12.7. The molecule has 0 saturated carbocycles. The number of rotatable bonds is 6. The lowest BCUT2D eigenvalue weighted by molar-refractivity contribution is -0.120. The number of nitrogens with zero attached hydrogens (tertiary/aromatic N) is 1. The second-order valence-corrected chi connectivity index (χ2v) is 9.93. The largest absolute Gasteiger partial charge is 0.492 e. The van der Waals surface area contributed by atoms with Crippen LogP contribution in [0.1, 0.15) is 25.3 Å². The van der Waals surface area contributed by atoms with Crippen LogP contribution >= 0.6 is 23.2 Å². The Labute approximate surface area is 187 Å². The van der Waals surface area contributed by atoms with E-state index in [0.29, 0.717) is 35.2 Å². The first-order valence-corrected chi connectivity index (χ1v) is 11.9. The van der Waals surface area contributed by atoms with Gasteiger partial charge >= 0.3 is 0 Å². The molecular formula is C21H24Cl2N2O4S. The van der Waals surface area contributed by atoms with Gasteiger partial charge < -0.3 is 10.1 Å². The molecule has 0 bridgehead atoms. The lowest BCUT2D eigenvalue weighted by Crippen LogP contribution is -2.41. The molecule has 0 aliphatic carbocycles. The highest BCUT2D eigenvalue weighted by molar-refractivity contribution is 7.89. The summed E-state index contributed by atoms with van der Waals surface area (Å²) in [5.41, 5.74) is 1.58. The summed E-state index contributed by atoms with van der Waals surface area (Å²) in [5, 5.41) is 3.85. The van der Waals surface area contributed by atoms with Gasteiger partial charge in [0.05, 0.1) is 6.61 Å². The molecule has 2 aromatic rings. The van der Waals surface area contributed by atoms with Crippen LogP contribution in [0.3, 0.4) is 0 Å². The van der Waals surface area contributed by atoms with E-state index in [9.17, 15) is 13.2 Å². The average molecular weight is 471 g/mol. The van der Waals surface area contributed by atoms with E-state index in [0.717, 1.165) is 5.56 Å². The Bertz CT molecular complexity index is 1040. The normalized spacial score (nSPS) is 15.7. The molecule has 1 amide bonds. The van der Waals surface area contributed by atoms with Gasteiger partial charge in [-0.2, -0.15) is 4.31 Å². The molecule has 2 aromatic carbocycles. The topological polar surface area (TPSA) is 75.7 Å². The maximum absolute atomic E-state index is 13.2. The summed E-state index contributed by atoms with van der Waals surface area (Å²) in [6.07, 6.45) is 0.866. The molecule has 1 aliphatic rings. The maximum Gasteiger partial charge on any atom is 0.246 e. The molecule has 1 N–H and O–H groups in total. The molecule has 162 valence electrons. The van der Waals surface area contributed by atoms with Gasteiger partial charge in [0.2, 0.25) is 15.9 Å². The number of halogens is 2. The highest BCUT2D eigenvalue weighted by Crippen LogP contribution is 2.32. The Balaban J connectivity index is 1.69. The van der Waals surface area contributed by atoms with Gasteiger partial charge in [0.1, 0.15) is 10.6 Å². The van der Waals surface area contributed by atoms with E-state index in [2.05, 4.69) is 5.32 Å². The lowest BCUT2D eigenvalue weighted by atomic mass is 9.97. The summed E-state index contributed by atoms with van der Waals surface area (Å²) >= 11 is 12.0. The molecule has 0 radical (unpaired) electrons. The van der Waals surface area contributed by atoms with Crippen molar-refractivity contribution in [2.45, 2.75) is 31.6 Å². The van der Waals surface area contributed by atoms with Crippen LogP contribution in [0.5, 0.6) is 5.75 Å². The average Bonchev–Trinajstić information content (AvgIpc) is 2.71. The van der Waals surface area contributed by atoms with Gasteiger partial charge in [-0.1, -0.05) is 23.2 Å². The quantitative estimate of drug-likeness (QED) is 0.661. The number of carbonyl (C=O) groups excluding carboxylic acids is 1. The van der Waals surface area contributed by atoms with E-state index in [1.165, 1.54) is 10.4 Å². The van der Waals surface area contributed by atoms with Crippen LogP contribution in [0.15, 0.2) is 41.3 Å². The Morgan fingerprint density at radius 3 is 2.40 bits per heavy atom. The Morgan fingerprint density at radius 2 is 1.77 bits per heavy atom. The molecule has 0 atom stereocenters. The van der Waals surface area contributed by atoms with Gasteiger partial charge in [-0.3, -0.25) is 4.79 Å². The van der Waals surface area contributed by atoms with Crippen LogP contribution in [-0.2, 0) is 14.8 Å². The number of ether oxygens (including phenoxy) is 1. The summed E-state index contributed by atoms with van der Waals surface area (Å²) < 4.78 is 33.2. The van der Waals surface area contributed by atoms with Crippen molar-refractivity contribution in [3.8, 4) is 5.75 Å². The predicted molar refractivity (Wildman–Crippen MR) is 119 cm³/mol. The van der Waals surface area contributed by atoms with Crippen molar-refractivity contribution in [3.05, 3.63) is 52.0 Å². The smallest absolute Gasteiger partial charge is 0.246 e. The molecule has 6 nitrogen and oxygen atoms in total. The standard InChI is InChI=1S/C21H24Cl2N2O4S/c1-3-29-19-7-5-17(23)13-20(19)30(27,28)25-10-8-15(9-11-25)21(26)24-18-6-4-16(22)12-14(18)2/h4-7,12-13,15H,3,8-11H2,1-2H3,(H,24,26). The van der Waals surface area contributed by atoms with Crippen LogP contribution in [0.2, 0.25) is 10.0 Å². The zero-order valence-electron chi connectivity index (χ0n) is 16.8. The third-order valence-corrected chi connectivity index (χ3v) is 7.48.